The van der Waals surface area contributed by atoms with E-state index >= 15 is 0 Å². The van der Waals surface area contributed by atoms with Gasteiger partial charge >= 0.3 is 0 Å². The molecule has 0 bridgehead atoms. The number of furan rings is 2. The molecule has 0 aliphatic carbocycles. The Morgan fingerprint density at radius 1 is 0.439 bits per heavy atom. The van der Waals surface area contributed by atoms with Crippen LogP contribution in [0.15, 0.2) is 190 Å². The summed E-state index contributed by atoms with van der Waals surface area (Å²) >= 11 is 0. The van der Waals surface area contributed by atoms with E-state index in [1.54, 1.807) is 18.2 Å². The molecular formula is C51H30N4O2. The van der Waals surface area contributed by atoms with Crippen molar-refractivity contribution in [1.29, 1.82) is 0 Å². The highest BCUT2D eigenvalue weighted by molar-refractivity contribution is 6.23. The van der Waals surface area contributed by atoms with Crippen molar-refractivity contribution in [3.8, 4) is 51.0 Å². The SMILES string of the molecule is [2H]c1c([2H])c([2H])c(-c2c([2H])c([2H])c([2H])c(-c3nc(-c4cccc(-n5c6ccccc6c6c7oc8ccccc8c7ccc65)c4)nc(-c4c([2H])c([2H])c([2H])c5c4oc4c([2H])c([2H])c([2H])c([2H])c45)n3)c2[2H])c([2H])c1[2H]. The lowest BCUT2D eigenvalue weighted by atomic mass is 10.0. The fraction of sp³-hybridized carbons (Fsp3) is 0. The zero-order valence-electron chi connectivity index (χ0n) is 45.2. The topological polar surface area (TPSA) is 69.9 Å². The van der Waals surface area contributed by atoms with Gasteiger partial charge in [-0.15, -0.1) is 0 Å². The van der Waals surface area contributed by atoms with E-state index < -0.39 is 125 Å². The fourth-order valence-corrected chi connectivity index (χ4v) is 7.47. The highest BCUT2D eigenvalue weighted by Crippen LogP contribution is 2.41. The minimum absolute atomic E-state index is 0.165. The Bertz CT molecular complexity index is 4460. The molecule has 8 aromatic carbocycles. The third-order valence-corrected chi connectivity index (χ3v) is 9.94. The third-order valence-electron chi connectivity index (χ3n) is 9.94. The van der Waals surface area contributed by atoms with E-state index in [4.69, 9.17) is 36.6 Å². The summed E-state index contributed by atoms with van der Waals surface area (Å²) in [6, 6.07) is 15.3. The summed E-state index contributed by atoms with van der Waals surface area (Å²) in [6.45, 7) is 0. The average Bonchev–Trinajstić information content (AvgIpc) is 4.09. The van der Waals surface area contributed by atoms with Crippen LogP contribution < -0.4 is 0 Å². The molecular weight excluding hydrogens is 701 g/mol. The summed E-state index contributed by atoms with van der Waals surface area (Å²) < 4.78 is 155. The Hall–Kier alpha value is -7.83. The lowest BCUT2D eigenvalue weighted by molar-refractivity contribution is 0.669. The van der Waals surface area contributed by atoms with Crippen LogP contribution in [0.3, 0.4) is 0 Å². The molecule has 12 rings (SSSR count). The Morgan fingerprint density at radius 2 is 1.16 bits per heavy atom. The van der Waals surface area contributed by atoms with Gasteiger partial charge in [-0.25, -0.2) is 15.0 Å². The number of nitrogens with zero attached hydrogens (tertiary/aromatic N) is 4. The molecule has 0 unspecified atom stereocenters. The van der Waals surface area contributed by atoms with Crippen molar-refractivity contribution in [2.45, 2.75) is 0 Å². The van der Waals surface area contributed by atoms with Crippen molar-refractivity contribution in [2.75, 3.05) is 0 Å². The average molecular weight is 747 g/mol. The molecule has 0 fully saturated rings. The second kappa shape index (κ2) is 12.3. The molecule has 4 aromatic heterocycles. The number of benzene rings is 8. The molecule has 0 aliphatic rings. The van der Waals surface area contributed by atoms with E-state index in [9.17, 15) is 4.11 Å². The zero-order chi connectivity index (χ0) is 51.4. The predicted octanol–water partition coefficient (Wildman–Crippen LogP) is 13.4. The largest absolute Gasteiger partial charge is 0.455 e. The first-order chi connectivity index (χ1) is 34.9. The van der Waals surface area contributed by atoms with Gasteiger partial charge < -0.3 is 13.4 Å². The summed E-state index contributed by atoms with van der Waals surface area (Å²) in [5, 5.41) is 3.15. The first kappa shape index (κ1) is 19.7. The number of rotatable bonds is 5. The molecule has 12 aromatic rings. The van der Waals surface area contributed by atoms with Crippen molar-refractivity contribution in [1.82, 2.24) is 19.5 Å². The maximum Gasteiger partial charge on any atom is 0.167 e. The molecule has 0 N–H and O–H groups in total. The number of para-hydroxylation sites is 4. The molecule has 6 heteroatoms. The van der Waals surface area contributed by atoms with Gasteiger partial charge in [-0.2, -0.15) is 0 Å². The molecule has 0 saturated heterocycles. The Balaban J connectivity index is 1.17. The van der Waals surface area contributed by atoms with Crippen LogP contribution in [0.5, 0.6) is 0 Å². The van der Waals surface area contributed by atoms with Crippen LogP contribution in [0.1, 0.15) is 21.9 Å². The van der Waals surface area contributed by atoms with Crippen LogP contribution in [0.2, 0.25) is 0 Å². The first-order valence-electron chi connectivity index (χ1n) is 25.7. The summed E-state index contributed by atoms with van der Waals surface area (Å²) in [7, 11) is 0. The zero-order valence-corrected chi connectivity index (χ0v) is 29.2. The van der Waals surface area contributed by atoms with E-state index in [-0.39, 0.29) is 33.3 Å². The van der Waals surface area contributed by atoms with Gasteiger partial charge in [0.25, 0.3) is 0 Å². The van der Waals surface area contributed by atoms with Gasteiger partial charge in [0.1, 0.15) is 22.3 Å². The maximum absolute atomic E-state index is 9.55. The molecule has 57 heavy (non-hydrogen) atoms. The molecule has 0 atom stereocenters. The van der Waals surface area contributed by atoms with Gasteiger partial charge in [0.05, 0.1) is 43.9 Å². The quantitative estimate of drug-likeness (QED) is 0.175. The van der Waals surface area contributed by atoms with E-state index in [0.29, 0.717) is 16.8 Å². The Kier molecular flexibility index (Phi) is 4.26. The fourth-order valence-electron chi connectivity index (χ4n) is 7.47. The van der Waals surface area contributed by atoms with Crippen LogP contribution in [-0.2, 0) is 0 Å². The minimum Gasteiger partial charge on any atom is -0.455 e. The lowest BCUT2D eigenvalue weighted by Gasteiger charge is -2.12. The summed E-state index contributed by atoms with van der Waals surface area (Å²) in [6.07, 6.45) is 0. The van der Waals surface area contributed by atoms with E-state index in [0.717, 1.165) is 38.2 Å². The Labute approximate surface area is 348 Å². The summed E-state index contributed by atoms with van der Waals surface area (Å²) in [5.74, 6) is -1.13. The Morgan fingerprint density at radius 3 is 2.09 bits per heavy atom. The summed E-state index contributed by atoms with van der Waals surface area (Å²) in [4.78, 5) is 14.2. The van der Waals surface area contributed by atoms with Crippen LogP contribution in [0.4, 0.5) is 0 Å². The monoisotopic (exact) mass is 746 g/mol. The predicted molar refractivity (Wildman–Crippen MR) is 230 cm³/mol. The lowest BCUT2D eigenvalue weighted by Crippen LogP contribution is -2.01. The number of fused-ring (bicyclic) bond motifs is 10. The molecule has 0 radical (unpaired) electrons. The van der Waals surface area contributed by atoms with Crippen molar-refractivity contribution in [2.24, 2.45) is 0 Å². The van der Waals surface area contributed by atoms with Crippen molar-refractivity contribution < 1.29 is 30.8 Å². The number of hydrogen-bond donors (Lipinski definition) is 0. The standard InChI is InChI=1S/C51H30N4O2/c1-2-13-31(14-3-1)32-15-10-16-33(29-32)49-52-50(54-51(53-49)41-23-12-22-38-36-19-5-8-25-44(36)56-47(38)41)34-17-11-18-35(30-34)55-42-24-7-4-21-40(42)46-43(55)28-27-39-37-20-6-9-26-45(37)57-48(39)46/h1-30H/i1D,2D,3D,5D,8D,10D,12D,13D,14D,15D,16D,19D,22D,23D,25D,29D. The molecule has 4 heterocycles. The van der Waals surface area contributed by atoms with Crippen molar-refractivity contribution in [3.63, 3.8) is 0 Å². The van der Waals surface area contributed by atoms with E-state index in [2.05, 4.69) is 4.98 Å². The molecule has 0 amide bonds. The van der Waals surface area contributed by atoms with Crippen LogP contribution >= 0.6 is 0 Å². The molecule has 0 spiro atoms. The van der Waals surface area contributed by atoms with E-state index in [1.807, 2.05) is 71.3 Å². The molecule has 6 nitrogen and oxygen atoms in total. The van der Waals surface area contributed by atoms with Gasteiger partial charge in [-0.1, -0.05) is 127 Å². The highest BCUT2D eigenvalue weighted by Gasteiger charge is 2.21. The van der Waals surface area contributed by atoms with Gasteiger partial charge in [0.2, 0.25) is 0 Å². The second-order valence-electron chi connectivity index (χ2n) is 13.2. The first-order valence-corrected chi connectivity index (χ1v) is 17.7. The van der Waals surface area contributed by atoms with Gasteiger partial charge in [0, 0.05) is 43.7 Å². The van der Waals surface area contributed by atoms with Gasteiger partial charge in [-0.3, -0.25) is 0 Å². The number of aromatic nitrogens is 4. The van der Waals surface area contributed by atoms with E-state index in [1.165, 1.54) is 0 Å². The van der Waals surface area contributed by atoms with Crippen LogP contribution in [0, 0.1) is 0 Å². The van der Waals surface area contributed by atoms with Gasteiger partial charge in [0.15, 0.2) is 17.5 Å². The minimum atomic E-state index is -0.806. The van der Waals surface area contributed by atoms with Crippen molar-refractivity contribution >= 4 is 65.7 Å². The normalized spacial score (nSPS) is 15.8. The van der Waals surface area contributed by atoms with Crippen molar-refractivity contribution in [3.05, 3.63) is 182 Å². The van der Waals surface area contributed by atoms with Crippen LogP contribution in [-0.4, -0.2) is 19.5 Å². The molecule has 0 saturated carbocycles. The summed E-state index contributed by atoms with van der Waals surface area (Å²) in [5.41, 5.74) is 1.13. The molecule has 266 valence electrons. The second-order valence-corrected chi connectivity index (χ2v) is 13.2. The molecule has 0 aliphatic heterocycles. The highest BCUT2D eigenvalue weighted by atomic mass is 16.3. The smallest absolute Gasteiger partial charge is 0.167 e. The number of hydrogen-bond acceptors (Lipinski definition) is 5. The van der Waals surface area contributed by atoms with Gasteiger partial charge in [-0.05, 0) is 65.7 Å². The third kappa shape index (κ3) is 4.94. The van der Waals surface area contributed by atoms with Crippen LogP contribution in [0.25, 0.3) is 117 Å². The maximum atomic E-state index is 9.55.